The molecule has 2 aromatic carbocycles. The van der Waals surface area contributed by atoms with Gasteiger partial charge < -0.3 is 14.6 Å². The highest BCUT2D eigenvalue weighted by atomic mass is 16.4. The van der Waals surface area contributed by atoms with E-state index in [2.05, 4.69) is 5.32 Å². The second-order valence-electron chi connectivity index (χ2n) is 6.64. The zero-order chi connectivity index (χ0) is 19.1. The van der Waals surface area contributed by atoms with Gasteiger partial charge in [-0.05, 0) is 49.2 Å². The molecule has 7 nitrogen and oxygen atoms in total. The lowest BCUT2D eigenvalue weighted by atomic mass is 10.1. The van der Waals surface area contributed by atoms with Crippen LogP contribution >= 0.6 is 0 Å². The normalized spacial score (nSPS) is 14.2. The van der Waals surface area contributed by atoms with Gasteiger partial charge in [-0.25, -0.2) is 4.79 Å². The number of oxazole rings is 1. The van der Waals surface area contributed by atoms with Crippen molar-refractivity contribution in [1.29, 1.82) is 0 Å². The van der Waals surface area contributed by atoms with Gasteiger partial charge in [0.05, 0.1) is 5.52 Å². The average molecular weight is 365 g/mol. The Hall–Kier alpha value is -3.35. The molecule has 1 aromatic heterocycles. The molecule has 1 atom stereocenters. The van der Waals surface area contributed by atoms with Gasteiger partial charge in [0.15, 0.2) is 5.58 Å². The van der Waals surface area contributed by atoms with Crippen molar-refractivity contribution in [2.24, 2.45) is 0 Å². The Bertz CT molecular complexity index is 1110. The van der Waals surface area contributed by atoms with E-state index in [-0.39, 0.29) is 11.8 Å². The molecule has 4 rings (SSSR count). The highest BCUT2D eigenvalue weighted by molar-refractivity contribution is 5.97. The fourth-order valence-corrected chi connectivity index (χ4v) is 3.52. The fraction of sp³-hybridized carbons (Fsp3) is 0.250. The zero-order valence-electron chi connectivity index (χ0n) is 15.1. The zero-order valence-corrected chi connectivity index (χ0v) is 15.1. The van der Waals surface area contributed by atoms with Gasteiger partial charge in [0.2, 0.25) is 11.8 Å². The number of aromatic nitrogens is 1. The number of amides is 2. The monoisotopic (exact) mass is 365 g/mol. The predicted molar refractivity (Wildman–Crippen MR) is 102 cm³/mol. The topological polar surface area (TPSA) is 84.5 Å². The SMILES string of the molecule is CC(=O)N1CCc2cc(NC(=O)[C@H](C)n3c(=O)oc4ccccc43)ccc21. The van der Waals surface area contributed by atoms with Crippen molar-refractivity contribution in [2.45, 2.75) is 26.3 Å². The molecule has 1 N–H and O–H groups in total. The molecule has 0 spiro atoms. The molecule has 0 saturated heterocycles. The maximum atomic E-state index is 12.7. The van der Waals surface area contributed by atoms with Gasteiger partial charge in [-0.1, -0.05) is 12.1 Å². The molecule has 0 fully saturated rings. The molecule has 138 valence electrons. The molecule has 3 aromatic rings. The lowest BCUT2D eigenvalue weighted by Crippen LogP contribution is -2.29. The number of carbonyl (C=O) groups is 2. The Morgan fingerprint density at radius 2 is 1.96 bits per heavy atom. The van der Waals surface area contributed by atoms with E-state index in [1.54, 1.807) is 49.1 Å². The van der Waals surface area contributed by atoms with Crippen LogP contribution in [0.5, 0.6) is 0 Å². The van der Waals surface area contributed by atoms with Crippen LogP contribution in [-0.2, 0) is 16.0 Å². The van der Waals surface area contributed by atoms with E-state index in [0.717, 1.165) is 17.7 Å². The Morgan fingerprint density at radius 1 is 1.19 bits per heavy atom. The van der Waals surface area contributed by atoms with E-state index >= 15 is 0 Å². The van der Waals surface area contributed by atoms with Crippen LogP contribution in [0, 0.1) is 0 Å². The minimum Gasteiger partial charge on any atom is -0.408 e. The first kappa shape index (κ1) is 17.1. The number of hydrogen-bond acceptors (Lipinski definition) is 4. The van der Waals surface area contributed by atoms with Crippen molar-refractivity contribution in [3.63, 3.8) is 0 Å². The van der Waals surface area contributed by atoms with Gasteiger partial charge >= 0.3 is 5.76 Å². The lowest BCUT2D eigenvalue weighted by Gasteiger charge is -2.16. The summed E-state index contributed by atoms with van der Waals surface area (Å²) in [7, 11) is 0. The third kappa shape index (κ3) is 2.91. The van der Waals surface area contributed by atoms with Gasteiger partial charge in [0.25, 0.3) is 0 Å². The number of nitrogens with one attached hydrogen (secondary N) is 1. The highest BCUT2D eigenvalue weighted by Crippen LogP contribution is 2.30. The summed E-state index contributed by atoms with van der Waals surface area (Å²) in [5.41, 5.74) is 3.56. The van der Waals surface area contributed by atoms with Crippen molar-refractivity contribution in [3.8, 4) is 0 Å². The molecule has 2 amide bonds. The highest BCUT2D eigenvalue weighted by Gasteiger charge is 2.24. The van der Waals surface area contributed by atoms with Crippen LogP contribution in [0.3, 0.4) is 0 Å². The quantitative estimate of drug-likeness (QED) is 0.773. The van der Waals surface area contributed by atoms with E-state index < -0.39 is 11.8 Å². The molecule has 1 aliphatic rings. The number of anilines is 2. The van der Waals surface area contributed by atoms with Gasteiger partial charge in [0, 0.05) is 24.8 Å². The second kappa shape index (κ2) is 6.42. The molecular weight excluding hydrogens is 346 g/mol. The molecule has 0 bridgehead atoms. The predicted octanol–water partition coefficient (Wildman–Crippen LogP) is 2.70. The maximum absolute atomic E-state index is 12.7. The number of para-hydroxylation sites is 2. The summed E-state index contributed by atoms with van der Waals surface area (Å²) in [6.45, 7) is 3.85. The summed E-state index contributed by atoms with van der Waals surface area (Å²) in [5, 5.41) is 2.85. The van der Waals surface area contributed by atoms with Gasteiger partial charge in [-0.3, -0.25) is 14.2 Å². The van der Waals surface area contributed by atoms with E-state index in [1.165, 1.54) is 4.57 Å². The fourth-order valence-electron chi connectivity index (χ4n) is 3.52. The second-order valence-corrected chi connectivity index (χ2v) is 6.64. The number of fused-ring (bicyclic) bond motifs is 2. The molecule has 7 heteroatoms. The standard InChI is InChI=1S/C20H19N3O4/c1-12(23-17-5-3-4-6-18(17)27-20(23)26)19(25)21-15-7-8-16-14(11-15)9-10-22(16)13(2)24/h3-8,11-12H,9-10H2,1-2H3,(H,21,25)/t12-/m0/s1. The lowest BCUT2D eigenvalue weighted by molar-refractivity contribution is -0.119. The largest absolute Gasteiger partial charge is 0.420 e. The van der Waals surface area contributed by atoms with Crippen molar-refractivity contribution in [2.75, 3.05) is 16.8 Å². The van der Waals surface area contributed by atoms with E-state index in [0.29, 0.717) is 23.3 Å². The average Bonchev–Trinajstić information content (AvgIpc) is 3.20. The first-order chi connectivity index (χ1) is 13.0. The van der Waals surface area contributed by atoms with Crippen LogP contribution in [0.15, 0.2) is 51.7 Å². The molecule has 0 saturated carbocycles. The van der Waals surface area contributed by atoms with Crippen LogP contribution < -0.4 is 16.0 Å². The Morgan fingerprint density at radius 3 is 2.74 bits per heavy atom. The van der Waals surface area contributed by atoms with Crippen LogP contribution in [-0.4, -0.2) is 22.9 Å². The summed E-state index contributed by atoms with van der Waals surface area (Å²) in [6, 6.07) is 11.7. The van der Waals surface area contributed by atoms with Gasteiger partial charge in [0.1, 0.15) is 6.04 Å². The maximum Gasteiger partial charge on any atom is 0.420 e. The summed E-state index contributed by atoms with van der Waals surface area (Å²) < 4.78 is 6.55. The summed E-state index contributed by atoms with van der Waals surface area (Å²) in [5.74, 6) is -0.875. The Kier molecular flexibility index (Phi) is 4.07. The summed E-state index contributed by atoms with van der Waals surface area (Å²) in [6.07, 6.45) is 0.750. The Balaban J connectivity index is 1.58. The van der Waals surface area contributed by atoms with E-state index in [4.69, 9.17) is 4.42 Å². The first-order valence-electron chi connectivity index (χ1n) is 8.77. The molecular formula is C20H19N3O4. The van der Waals surface area contributed by atoms with Gasteiger partial charge in [-0.2, -0.15) is 0 Å². The Labute approximate surface area is 155 Å². The van der Waals surface area contributed by atoms with Crippen LogP contribution in [0.1, 0.15) is 25.5 Å². The number of benzene rings is 2. The number of carbonyl (C=O) groups excluding carboxylic acids is 2. The minimum absolute atomic E-state index is 0.00497. The van der Waals surface area contributed by atoms with Crippen LogP contribution in [0.2, 0.25) is 0 Å². The smallest absolute Gasteiger partial charge is 0.408 e. The third-order valence-electron chi connectivity index (χ3n) is 4.91. The van der Waals surface area contributed by atoms with Crippen LogP contribution in [0.25, 0.3) is 11.1 Å². The van der Waals surface area contributed by atoms with Crippen molar-refractivity contribution in [3.05, 3.63) is 58.6 Å². The minimum atomic E-state index is -0.733. The third-order valence-corrected chi connectivity index (χ3v) is 4.91. The number of nitrogens with zero attached hydrogens (tertiary/aromatic N) is 2. The molecule has 0 radical (unpaired) electrons. The van der Waals surface area contributed by atoms with Gasteiger partial charge in [-0.15, -0.1) is 0 Å². The molecule has 0 unspecified atom stereocenters. The summed E-state index contributed by atoms with van der Waals surface area (Å²) in [4.78, 5) is 38.2. The molecule has 1 aliphatic heterocycles. The number of hydrogen-bond donors (Lipinski definition) is 1. The van der Waals surface area contributed by atoms with Crippen molar-refractivity contribution < 1.29 is 14.0 Å². The van der Waals surface area contributed by atoms with Crippen molar-refractivity contribution >= 4 is 34.3 Å². The van der Waals surface area contributed by atoms with Crippen molar-refractivity contribution in [1.82, 2.24) is 4.57 Å². The molecule has 2 heterocycles. The molecule has 0 aliphatic carbocycles. The number of rotatable bonds is 3. The molecule has 27 heavy (non-hydrogen) atoms. The summed E-state index contributed by atoms with van der Waals surface area (Å²) >= 11 is 0. The van der Waals surface area contributed by atoms with E-state index in [9.17, 15) is 14.4 Å². The van der Waals surface area contributed by atoms with E-state index in [1.807, 2.05) is 12.1 Å². The first-order valence-corrected chi connectivity index (χ1v) is 8.77. The van der Waals surface area contributed by atoms with Crippen LogP contribution in [0.4, 0.5) is 11.4 Å².